The van der Waals surface area contributed by atoms with E-state index in [1.165, 1.54) is 0 Å². The third-order valence-electron chi connectivity index (χ3n) is 2.15. The van der Waals surface area contributed by atoms with Crippen LogP contribution in [-0.4, -0.2) is 58.8 Å². The van der Waals surface area contributed by atoms with Gasteiger partial charge in [-0.1, -0.05) is 18.3 Å². The van der Waals surface area contributed by atoms with Gasteiger partial charge in [-0.15, -0.1) is 10.2 Å². The van der Waals surface area contributed by atoms with E-state index < -0.39 is 18.9 Å². The quantitative estimate of drug-likeness (QED) is 0.749. The molecule has 1 rings (SSSR count). The molecule has 0 aliphatic rings. The fourth-order valence-corrected chi connectivity index (χ4v) is 2.05. The van der Waals surface area contributed by atoms with Gasteiger partial charge in [-0.2, -0.15) is 0 Å². The summed E-state index contributed by atoms with van der Waals surface area (Å²) in [6.07, 6.45) is -1.76. The smallest absolute Gasteiger partial charge is 0.285 e. The lowest BCUT2D eigenvalue weighted by Crippen LogP contribution is -2.37. The highest BCUT2D eigenvalue weighted by Gasteiger charge is 2.22. The number of nitrogens with one attached hydrogen (secondary N) is 1. The summed E-state index contributed by atoms with van der Waals surface area (Å²) in [5.41, 5.74) is 0. The van der Waals surface area contributed by atoms with E-state index in [0.29, 0.717) is 11.7 Å². The van der Waals surface area contributed by atoms with Crippen molar-refractivity contribution in [3.05, 3.63) is 5.01 Å². The van der Waals surface area contributed by atoms with Crippen LogP contribution in [0.5, 0.6) is 0 Å². The van der Waals surface area contributed by atoms with E-state index in [4.69, 9.17) is 5.11 Å². The molecule has 2 N–H and O–H groups in total. The Morgan fingerprint density at radius 2 is 2.26 bits per heavy atom. The lowest BCUT2D eigenvalue weighted by Gasteiger charge is -2.19. The molecular weight excluding hydrogens is 278 g/mol. The average molecular weight is 294 g/mol. The van der Waals surface area contributed by atoms with Crippen LogP contribution in [-0.2, 0) is 0 Å². The molecule has 0 aliphatic carbocycles. The number of hydrogen-bond donors (Lipinski definition) is 2. The third kappa shape index (κ3) is 5.03. The standard InChI is InChI=1S/C10H16F2N4O2S/c1-2-3-13-10-15-14-8(19-10)9(18)16(4-5-17)6-7(11)12/h7,17H,2-6H2,1H3,(H,13,15). The number of alkyl halides is 2. The van der Waals surface area contributed by atoms with Crippen molar-refractivity contribution in [1.29, 1.82) is 0 Å². The maximum absolute atomic E-state index is 12.3. The maximum atomic E-state index is 12.3. The first-order valence-electron chi connectivity index (χ1n) is 5.84. The van der Waals surface area contributed by atoms with Crippen LogP contribution in [0.4, 0.5) is 13.9 Å². The Kier molecular flexibility index (Phi) is 6.57. The Balaban J connectivity index is 2.69. The van der Waals surface area contributed by atoms with Gasteiger partial charge in [-0.3, -0.25) is 4.79 Å². The Morgan fingerprint density at radius 3 is 2.84 bits per heavy atom. The number of aromatic nitrogens is 2. The van der Waals surface area contributed by atoms with Gasteiger partial charge in [0.15, 0.2) is 0 Å². The molecule has 0 aromatic carbocycles. The molecule has 1 amide bonds. The van der Waals surface area contributed by atoms with Crippen molar-refractivity contribution in [2.45, 2.75) is 19.8 Å². The van der Waals surface area contributed by atoms with Crippen molar-refractivity contribution in [2.24, 2.45) is 0 Å². The van der Waals surface area contributed by atoms with Gasteiger partial charge in [0.05, 0.1) is 13.2 Å². The van der Waals surface area contributed by atoms with Gasteiger partial charge in [0.2, 0.25) is 10.1 Å². The number of aliphatic hydroxyl groups is 1. The van der Waals surface area contributed by atoms with Crippen LogP contribution in [0.25, 0.3) is 0 Å². The Labute approximate surface area is 113 Å². The molecule has 0 aliphatic heterocycles. The highest BCUT2D eigenvalue weighted by molar-refractivity contribution is 7.17. The predicted octanol–water partition coefficient (Wildman–Crippen LogP) is 1.06. The van der Waals surface area contributed by atoms with Crippen molar-refractivity contribution >= 4 is 22.4 Å². The number of hydrogen-bond acceptors (Lipinski definition) is 6. The molecule has 0 saturated heterocycles. The van der Waals surface area contributed by atoms with Crippen LogP contribution >= 0.6 is 11.3 Å². The first-order valence-corrected chi connectivity index (χ1v) is 6.65. The number of carbonyl (C=O) groups is 1. The molecule has 0 spiro atoms. The van der Waals surface area contributed by atoms with Gasteiger partial charge < -0.3 is 15.3 Å². The summed E-state index contributed by atoms with van der Waals surface area (Å²) >= 11 is 1.01. The largest absolute Gasteiger partial charge is 0.395 e. The van der Waals surface area contributed by atoms with E-state index in [-0.39, 0.29) is 18.2 Å². The number of amides is 1. The number of anilines is 1. The molecule has 0 unspecified atom stereocenters. The third-order valence-corrected chi connectivity index (χ3v) is 3.02. The van der Waals surface area contributed by atoms with E-state index in [1.807, 2.05) is 6.92 Å². The number of aliphatic hydroxyl groups excluding tert-OH is 1. The topological polar surface area (TPSA) is 78.4 Å². The summed E-state index contributed by atoms with van der Waals surface area (Å²) in [4.78, 5) is 12.8. The minimum atomic E-state index is -2.65. The minimum Gasteiger partial charge on any atom is -0.395 e. The Bertz CT molecular complexity index is 403. The molecule has 1 heterocycles. The van der Waals surface area contributed by atoms with Crippen LogP contribution in [0.15, 0.2) is 0 Å². The second kappa shape index (κ2) is 7.95. The second-order valence-electron chi connectivity index (χ2n) is 3.71. The molecule has 0 bridgehead atoms. The highest BCUT2D eigenvalue weighted by atomic mass is 32.1. The molecule has 0 fully saturated rings. The van der Waals surface area contributed by atoms with Crippen LogP contribution in [0.1, 0.15) is 23.1 Å². The van der Waals surface area contributed by atoms with Gasteiger partial charge in [-0.25, -0.2) is 8.78 Å². The molecule has 9 heteroatoms. The monoisotopic (exact) mass is 294 g/mol. The van der Waals surface area contributed by atoms with E-state index in [2.05, 4.69) is 15.5 Å². The zero-order valence-electron chi connectivity index (χ0n) is 10.5. The summed E-state index contributed by atoms with van der Waals surface area (Å²) in [5.74, 6) is -0.642. The highest BCUT2D eigenvalue weighted by Crippen LogP contribution is 2.17. The normalized spacial score (nSPS) is 10.8. The summed E-state index contributed by atoms with van der Waals surface area (Å²) < 4.78 is 24.7. The van der Waals surface area contributed by atoms with E-state index in [9.17, 15) is 13.6 Å². The number of nitrogens with zero attached hydrogens (tertiary/aromatic N) is 3. The van der Waals surface area contributed by atoms with Crippen LogP contribution in [0.3, 0.4) is 0 Å². The summed E-state index contributed by atoms with van der Waals surface area (Å²) in [5, 5.41) is 19.7. The molecular formula is C10H16F2N4O2S. The van der Waals surface area contributed by atoms with Gasteiger partial charge in [0, 0.05) is 13.1 Å². The Hall–Kier alpha value is -1.35. The van der Waals surface area contributed by atoms with Crippen molar-refractivity contribution in [2.75, 3.05) is 31.6 Å². The lowest BCUT2D eigenvalue weighted by atomic mass is 10.4. The molecule has 0 atom stereocenters. The molecule has 108 valence electrons. The van der Waals surface area contributed by atoms with E-state index >= 15 is 0 Å². The first kappa shape index (κ1) is 15.7. The molecule has 0 radical (unpaired) electrons. The SMILES string of the molecule is CCCNc1nnc(C(=O)N(CCO)CC(F)F)s1. The maximum Gasteiger partial charge on any atom is 0.285 e. The summed E-state index contributed by atoms with van der Waals surface area (Å²) in [6.45, 7) is 1.42. The van der Waals surface area contributed by atoms with Gasteiger partial charge in [-0.05, 0) is 6.42 Å². The molecule has 0 saturated carbocycles. The lowest BCUT2D eigenvalue weighted by molar-refractivity contribution is 0.0508. The van der Waals surface area contributed by atoms with Crippen molar-refractivity contribution in [1.82, 2.24) is 15.1 Å². The van der Waals surface area contributed by atoms with Crippen LogP contribution in [0.2, 0.25) is 0 Å². The summed E-state index contributed by atoms with van der Waals surface area (Å²) in [7, 11) is 0. The van der Waals surface area contributed by atoms with Crippen LogP contribution < -0.4 is 5.32 Å². The molecule has 19 heavy (non-hydrogen) atoms. The zero-order chi connectivity index (χ0) is 14.3. The predicted molar refractivity (Wildman–Crippen MR) is 67.7 cm³/mol. The second-order valence-corrected chi connectivity index (χ2v) is 4.68. The van der Waals surface area contributed by atoms with Gasteiger partial charge in [0.1, 0.15) is 0 Å². The first-order chi connectivity index (χ1) is 9.08. The average Bonchev–Trinajstić information content (AvgIpc) is 2.83. The molecule has 1 aromatic heterocycles. The zero-order valence-corrected chi connectivity index (χ0v) is 11.3. The minimum absolute atomic E-state index is 0.0349. The Morgan fingerprint density at radius 1 is 1.53 bits per heavy atom. The number of carbonyl (C=O) groups excluding carboxylic acids is 1. The number of rotatable bonds is 8. The molecule has 1 aromatic rings. The fraction of sp³-hybridized carbons (Fsp3) is 0.700. The van der Waals surface area contributed by atoms with E-state index in [0.717, 1.165) is 22.7 Å². The summed E-state index contributed by atoms with van der Waals surface area (Å²) in [6, 6.07) is 0. The van der Waals surface area contributed by atoms with Crippen molar-refractivity contribution < 1.29 is 18.7 Å². The number of halogens is 2. The van der Waals surface area contributed by atoms with Crippen molar-refractivity contribution in [3.8, 4) is 0 Å². The van der Waals surface area contributed by atoms with Gasteiger partial charge >= 0.3 is 0 Å². The van der Waals surface area contributed by atoms with Gasteiger partial charge in [0.25, 0.3) is 12.3 Å². The fourth-order valence-electron chi connectivity index (χ4n) is 1.31. The van der Waals surface area contributed by atoms with Crippen LogP contribution in [0, 0.1) is 0 Å². The van der Waals surface area contributed by atoms with E-state index in [1.54, 1.807) is 0 Å². The molecule has 6 nitrogen and oxygen atoms in total. The van der Waals surface area contributed by atoms with Crippen molar-refractivity contribution in [3.63, 3.8) is 0 Å².